The van der Waals surface area contributed by atoms with Crippen LogP contribution < -0.4 is 0 Å². The zero-order valence-corrected chi connectivity index (χ0v) is 22.8. The highest BCUT2D eigenvalue weighted by molar-refractivity contribution is 8.01. The summed E-state index contributed by atoms with van der Waals surface area (Å²) >= 11 is 0. The van der Waals surface area contributed by atoms with E-state index in [1.54, 1.807) is 12.1 Å². The van der Waals surface area contributed by atoms with Crippen molar-refractivity contribution in [1.82, 2.24) is 0 Å². The quantitative estimate of drug-likeness (QED) is 0.446. The smallest absolute Gasteiger partial charge is 0.335 e. The van der Waals surface area contributed by atoms with Gasteiger partial charge in [0.15, 0.2) is 0 Å². The Labute approximate surface area is 204 Å². The summed E-state index contributed by atoms with van der Waals surface area (Å²) in [6.45, 7) is 14.0. The van der Waals surface area contributed by atoms with Gasteiger partial charge in [0, 0.05) is 0 Å². The van der Waals surface area contributed by atoms with Gasteiger partial charge in [-0.25, -0.2) is 9.59 Å². The number of esters is 2. The molecule has 0 fully saturated rings. The van der Waals surface area contributed by atoms with E-state index in [1.165, 1.54) is 26.4 Å². The van der Waals surface area contributed by atoms with Gasteiger partial charge < -0.3 is 9.47 Å². The van der Waals surface area contributed by atoms with E-state index >= 15 is 0 Å². The van der Waals surface area contributed by atoms with Crippen LogP contribution in [-0.4, -0.2) is 45.1 Å². The molecule has 0 saturated carbocycles. The number of hydrogen-bond acceptors (Lipinski definition) is 6. The maximum Gasteiger partial charge on any atom is 0.335 e. The largest absolute Gasteiger partial charge is 0.466 e. The number of carbonyl (C=O) groups is 2. The van der Waals surface area contributed by atoms with Crippen LogP contribution in [0.25, 0.3) is 0 Å². The molecule has 34 heavy (non-hydrogen) atoms. The van der Waals surface area contributed by atoms with Crippen LogP contribution in [0.4, 0.5) is 0 Å². The predicted molar refractivity (Wildman–Crippen MR) is 133 cm³/mol. The maximum absolute atomic E-state index is 13.4. The van der Waals surface area contributed by atoms with Gasteiger partial charge in [0.05, 0.1) is 40.8 Å². The number of sulfonamides is 1. The fourth-order valence-corrected chi connectivity index (χ4v) is 9.74. The number of methoxy groups -OCH3 is 2. The van der Waals surface area contributed by atoms with Crippen molar-refractivity contribution in [2.45, 2.75) is 63.9 Å². The van der Waals surface area contributed by atoms with Gasteiger partial charge in [-0.3, -0.25) is 0 Å². The molecule has 2 unspecified atom stereocenters. The number of ether oxygens (including phenoxy) is 2. The average molecular weight is 508 g/mol. The lowest BCUT2D eigenvalue weighted by atomic mass is 9.68. The molecule has 0 aliphatic carbocycles. The Balaban J connectivity index is 2.38. The summed E-state index contributed by atoms with van der Waals surface area (Å²) in [6, 6.07) is 6.47. The van der Waals surface area contributed by atoms with Crippen molar-refractivity contribution in [3.8, 4) is 0 Å². The van der Waals surface area contributed by atoms with Crippen LogP contribution in [0.15, 0.2) is 55.2 Å². The number of benzene rings is 1. The summed E-state index contributed by atoms with van der Waals surface area (Å²) in [7, 11) is -2.81. The van der Waals surface area contributed by atoms with Gasteiger partial charge in [-0.2, -0.15) is 8.42 Å². The highest BCUT2D eigenvalue weighted by Gasteiger charge is 2.58. The monoisotopic (exact) mass is 507 g/mol. The fourth-order valence-electron chi connectivity index (χ4n) is 4.67. The Bertz CT molecular complexity index is 1180. The minimum atomic E-state index is -4.06. The number of fused-ring (bicyclic) bond motifs is 2. The SMILES string of the molecule is COC(=O)C1=C(C(=O)OC)C2C(C(C)(C)C)=C(C(C)(C)C)C1S2=NS(=O)(=O)c1ccc(C)cc1. The average Bonchev–Trinajstić information content (AvgIpc) is 3.21. The van der Waals surface area contributed by atoms with Crippen LogP contribution in [0.5, 0.6) is 0 Å². The number of nitrogens with zero attached hydrogens (tertiary/aromatic N) is 1. The van der Waals surface area contributed by atoms with Crippen LogP contribution in [0, 0.1) is 17.8 Å². The van der Waals surface area contributed by atoms with Crippen molar-refractivity contribution in [2.75, 3.05) is 14.2 Å². The van der Waals surface area contributed by atoms with Crippen molar-refractivity contribution in [2.24, 2.45) is 14.6 Å². The lowest BCUT2D eigenvalue weighted by Crippen LogP contribution is -2.33. The number of aryl methyl sites for hydroxylation is 1. The third-order valence-electron chi connectivity index (χ3n) is 6.04. The van der Waals surface area contributed by atoms with E-state index in [0.29, 0.717) is 0 Å². The molecule has 2 aliphatic rings. The second-order valence-corrected chi connectivity index (χ2v) is 14.3. The molecule has 1 aromatic rings. The first-order chi connectivity index (χ1) is 15.6. The minimum Gasteiger partial charge on any atom is -0.466 e. The number of carbonyl (C=O) groups excluding carboxylic acids is 2. The van der Waals surface area contributed by atoms with Crippen molar-refractivity contribution in [3.63, 3.8) is 0 Å². The van der Waals surface area contributed by atoms with Crippen molar-refractivity contribution in [1.29, 1.82) is 0 Å². The third-order valence-corrected chi connectivity index (χ3v) is 10.3. The molecule has 2 bridgehead atoms. The predicted octanol–water partition coefficient (Wildman–Crippen LogP) is 4.28. The van der Waals surface area contributed by atoms with Gasteiger partial charge in [0.25, 0.3) is 10.0 Å². The maximum atomic E-state index is 13.4. The molecule has 3 rings (SSSR count). The van der Waals surface area contributed by atoms with E-state index in [4.69, 9.17) is 9.47 Å². The van der Waals surface area contributed by atoms with Crippen molar-refractivity contribution >= 4 is 32.7 Å². The Morgan fingerprint density at radius 3 is 1.53 bits per heavy atom. The summed E-state index contributed by atoms with van der Waals surface area (Å²) in [5, 5.41) is -1.36. The van der Waals surface area contributed by atoms with E-state index in [0.717, 1.165) is 16.7 Å². The second kappa shape index (κ2) is 8.75. The van der Waals surface area contributed by atoms with Gasteiger partial charge in [-0.1, -0.05) is 69.9 Å². The van der Waals surface area contributed by atoms with Crippen LogP contribution in [0.1, 0.15) is 47.1 Å². The zero-order chi connectivity index (χ0) is 25.8. The molecule has 0 amide bonds. The molecule has 7 nitrogen and oxygen atoms in total. The molecule has 2 atom stereocenters. The fraction of sp³-hybridized carbons (Fsp3) is 0.520. The number of hydrogen-bond donors (Lipinski definition) is 0. The lowest BCUT2D eigenvalue weighted by Gasteiger charge is -2.36. The first-order valence-electron chi connectivity index (χ1n) is 11.0. The van der Waals surface area contributed by atoms with Gasteiger partial charge in [0.1, 0.15) is 0 Å². The molecule has 1 aromatic carbocycles. The standard InChI is InChI=1S/C25H33NO6S2/c1-14-10-12-15(13-11-14)34(29,30)26-33-20-16(22(27)31-8)17(23(28)32-9)21(33)19(25(5,6)7)18(20)24(2,3)4/h10-13,20-21H,1-9H3. The Hall–Kier alpha value is -2.26. The minimum absolute atomic E-state index is 0.0748. The lowest BCUT2D eigenvalue weighted by molar-refractivity contribution is -0.139. The summed E-state index contributed by atoms with van der Waals surface area (Å²) in [6.07, 6.45) is 0. The van der Waals surface area contributed by atoms with Crippen molar-refractivity contribution in [3.05, 3.63) is 52.1 Å². The summed E-state index contributed by atoms with van der Waals surface area (Å²) in [4.78, 5) is 26.0. The van der Waals surface area contributed by atoms with E-state index in [1.807, 2.05) is 48.5 Å². The van der Waals surface area contributed by atoms with E-state index < -0.39 is 54.0 Å². The molecule has 9 heteroatoms. The molecule has 2 aliphatic heterocycles. The van der Waals surface area contributed by atoms with Gasteiger partial charge in [0.2, 0.25) is 0 Å². The molecular weight excluding hydrogens is 474 g/mol. The summed E-state index contributed by atoms with van der Waals surface area (Å²) in [5.74, 6) is -1.33. The molecule has 0 saturated heterocycles. The highest BCUT2D eigenvalue weighted by Crippen LogP contribution is 2.57. The first-order valence-corrected chi connectivity index (χ1v) is 13.7. The molecule has 2 heterocycles. The van der Waals surface area contributed by atoms with Crippen LogP contribution in [0.3, 0.4) is 0 Å². The Kier molecular flexibility index (Phi) is 6.78. The zero-order valence-electron chi connectivity index (χ0n) is 21.2. The molecule has 0 spiro atoms. The molecule has 0 aromatic heterocycles. The molecular formula is C25H33NO6S2. The Morgan fingerprint density at radius 1 is 0.824 bits per heavy atom. The summed E-state index contributed by atoms with van der Waals surface area (Å²) < 4.78 is 41.3. The molecule has 0 radical (unpaired) electrons. The third kappa shape index (κ3) is 4.40. The van der Waals surface area contributed by atoms with Crippen molar-refractivity contribution < 1.29 is 27.5 Å². The van der Waals surface area contributed by atoms with Gasteiger partial charge in [-0.15, -0.1) is 3.77 Å². The van der Waals surface area contributed by atoms with Gasteiger partial charge >= 0.3 is 11.9 Å². The van der Waals surface area contributed by atoms with E-state index in [9.17, 15) is 18.0 Å². The topological polar surface area (TPSA) is 99.1 Å². The highest BCUT2D eigenvalue weighted by atomic mass is 32.3. The summed E-state index contributed by atoms with van der Waals surface area (Å²) in [5.41, 5.74) is 2.30. The second-order valence-electron chi connectivity index (χ2n) is 10.6. The van der Waals surface area contributed by atoms with Crippen LogP contribution >= 0.6 is 0 Å². The van der Waals surface area contributed by atoms with E-state index in [-0.39, 0.29) is 16.0 Å². The molecule has 186 valence electrons. The molecule has 0 N–H and O–H groups in total. The van der Waals surface area contributed by atoms with Crippen LogP contribution in [-0.2, 0) is 39.8 Å². The first kappa shape index (κ1) is 26.3. The Morgan fingerprint density at radius 2 is 1.21 bits per heavy atom. The van der Waals surface area contributed by atoms with E-state index in [2.05, 4.69) is 3.77 Å². The van der Waals surface area contributed by atoms with Crippen LogP contribution in [0.2, 0.25) is 0 Å². The normalized spacial score (nSPS) is 22.8. The number of rotatable bonds is 4. The van der Waals surface area contributed by atoms with Gasteiger partial charge in [-0.05, 0) is 41.0 Å².